The van der Waals surface area contributed by atoms with Gasteiger partial charge in [-0.25, -0.2) is 9.78 Å². The van der Waals surface area contributed by atoms with Crippen LogP contribution >= 0.6 is 0 Å². The third-order valence-corrected chi connectivity index (χ3v) is 5.55. The van der Waals surface area contributed by atoms with E-state index in [9.17, 15) is 29.4 Å². The molecule has 1 aromatic rings. The number of amides is 3. The normalized spacial score (nSPS) is 15.4. The third-order valence-electron chi connectivity index (χ3n) is 5.55. The monoisotopic (exact) mass is 483 g/mol. The van der Waals surface area contributed by atoms with Gasteiger partial charge in [-0.3, -0.25) is 14.4 Å². The number of nitrogens with zero attached hydrogens (tertiary/aromatic N) is 1. The first-order valence-electron chi connectivity index (χ1n) is 11.3. The molecule has 0 aliphatic heterocycles. The molecule has 3 amide bonds. The Bertz CT molecular complexity index is 789. The molecule has 0 spiro atoms. The van der Waals surface area contributed by atoms with Crippen LogP contribution in [0.5, 0.6) is 0 Å². The lowest BCUT2D eigenvalue weighted by Crippen LogP contribution is -2.58. The Morgan fingerprint density at radius 1 is 1.06 bits per heavy atom. The smallest absolute Gasteiger partial charge is 0.326 e. The van der Waals surface area contributed by atoms with Gasteiger partial charge in [0.2, 0.25) is 17.7 Å². The van der Waals surface area contributed by atoms with E-state index in [1.807, 2.05) is 6.92 Å². The zero-order valence-electron chi connectivity index (χ0n) is 19.6. The molecule has 0 fully saturated rings. The standard InChI is InChI=1S/C21H37N7O6/c1-3-12(2)17(23)20(32)28-16(10-29)19(31)26-14(6-4-5-7-22)18(30)27-15(21(33)34)8-13-9-24-11-25-13/h9,11-12,14-17,29H,3-8,10,22-23H2,1-2H3,(H,24,25)(H,26,31)(H,27,30)(H,28,32)(H,33,34). The number of aliphatic carboxylic acids is 1. The predicted molar refractivity (Wildman–Crippen MR) is 123 cm³/mol. The van der Waals surface area contributed by atoms with E-state index in [2.05, 4.69) is 25.9 Å². The van der Waals surface area contributed by atoms with Crippen molar-refractivity contribution < 1.29 is 29.4 Å². The number of carboxylic acid groups (broad SMARTS) is 1. The van der Waals surface area contributed by atoms with Gasteiger partial charge in [0, 0.05) is 18.3 Å². The summed E-state index contributed by atoms with van der Waals surface area (Å²) >= 11 is 0. The molecule has 13 nitrogen and oxygen atoms in total. The van der Waals surface area contributed by atoms with Gasteiger partial charge in [0.25, 0.3) is 0 Å². The predicted octanol–water partition coefficient (Wildman–Crippen LogP) is -2.01. The van der Waals surface area contributed by atoms with Crippen LogP contribution in [0.2, 0.25) is 0 Å². The average Bonchev–Trinajstić information content (AvgIpc) is 3.33. The van der Waals surface area contributed by atoms with E-state index in [0.29, 0.717) is 31.5 Å². The van der Waals surface area contributed by atoms with Gasteiger partial charge in [0.1, 0.15) is 18.1 Å². The van der Waals surface area contributed by atoms with Crippen molar-refractivity contribution in [3.63, 3.8) is 0 Å². The number of rotatable bonds is 16. The Morgan fingerprint density at radius 2 is 1.68 bits per heavy atom. The van der Waals surface area contributed by atoms with Crippen molar-refractivity contribution in [2.75, 3.05) is 13.2 Å². The highest BCUT2D eigenvalue weighted by Gasteiger charge is 2.30. The second kappa shape index (κ2) is 15.0. The number of nitrogens with two attached hydrogens (primary N) is 2. The summed E-state index contributed by atoms with van der Waals surface area (Å²) in [4.78, 5) is 56.2. The van der Waals surface area contributed by atoms with Gasteiger partial charge >= 0.3 is 5.97 Å². The fourth-order valence-electron chi connectivity index (χ4n) is 3.10. The summed E-state index contributed by atoms with van der Waals surface area (Å²) in [7, 11) is 0. The van der Waals surface area contributed by atoms with Crippen LogP contribution in [0.4, 0.5) is 0 Å². The summed E-state index contributed by atoms with van der Waals surface area (Å²) in [5, 5.41) is 26.4. The lowest BCUT2D eigenvalue weighted by molar-refractivity contribution is -0.142. The number of hydrogen-bond acceptors (Lipinski definition) is 8. The van der Waals surface area contributed by atoms with Gasteiger partial charge in [-0.05, 0) is 31.7 Å². The van der Waals surface area contributed by atoms with Crippen LogP contribution in [0.1, 0.15) is 45.2 Å². The van der Waals surface area contributed by atoms with E-state index in [-0.39, 0.29) is 18.8 Å². The van der Waals surface area contributed by atoms with Crippen molar-refractivity contribution >= 4 is 23.7 Å². The first kappa shape index (κ1) is 29.0. The minimum atomic E-state index is -1.33. The fraction of sp³-hybridized carbons (Fsp3) is 0.667. The molecule has 192 valence electrons. The quantitative estimate of drug-likeness (QED) is 0.121. The van der Waals surface area contributed by atoms with E-state index in [1.54, 1.807) is 6.92 Å². The van der Waals surface area contributed by atoms with Crippen LogP contribution in [-0.2, 0) is 25.6 Å². The minimum absolute atomic E-state index is 0.0344. The van der Waals surface area contributed by atoms with Gasteiger partial charge in [-0.15, -0.1) is 0 Å². The number of imidazole rings is 1. The summed E-state index contributed by atoms with van der Waals surface area (Å²) in [5.41, 5.74) is 11.9. The molecular weight excluding hydrogens is 446 g/mol. The van der Waals surface area contributed by atoms with E-state index in [4.69, 9.17) is 11.5 Å². The number of aromatic nitrogens is 2. The van der Waals surface area contributed by atoms with Crippen molar-refractivity contribution in [3.05, 3.63) is 18.2 Å². The number of carboxylic acids is 1. The summed E-state index contributed by atoms with van der Waals surface area (Å²) in [6.45, 7) is 3.33. The molecule has 10 N–H and O–H groups in total. The van der Waals surface area contributed by atoms with Gasteiger partial charge in [0.15, 0.2) is 0 Å². The largest absolute Gasteiger partial charge is 0.480 e. The van der Waals surface area contributed by atoms with Crippen LogP contribution in [0.3, 0.4) is 0 Å². The maximum atomic E-state index is 12.9. The number of nitrogens with one attached hydrogen (secondary N) is 4. The lowest BCUT2D eigenvalue weighted by Gasteiger charge is -2.25. The molecule has 1 rings (SSSR count). The van der Waals surface area contributed by atoms with Crippen molar-refractivity contribution in [2.24, 2.45) is 17.4 Å². The Kier molecular flexibility index (Phi) is 12.8. The minimum Gasteiger partial charge on any atom is -0.480 e. The van der Waals surface area contributed by atoms with E-state index < -0.39 is 54.5 Å². The molecule has 5 atom stereocenters. The van der Waals surface area contributed by atoms with Crippen LogP contribution in [0, 0.1) is 5.92 Å². The highest BCUT2D eigenvalue weighted by atomic mass is 16.4. The number of H-pyrrole nitrogens is 1. The molecule has 1 aromatic heterocycles. The second-order valence-electron chi connectivity index (χ2n) is 8.18. The Labute approximate surface area is 198 Å². The van der Waals surface area contributed by atoms with Crippen LogP contribution in [0.15, 0.2) is 12.5 Å². The van der Waals surface area contributed by atoms with E-state index >= 15 is 0 Å². The SMILES string of the molecule is CCC(C)C(N)C(=O)NC(CO)C(=O)NC(CCCCN)C(=O)NC(Cc1cnc[nH]1)C(=O)O. The molecule has 0 bridgehead atoms. The van der Waals surface area contributed by atoms with Crippen molar-refractivity contribution in [1.29, 1.82) is 0 Å². The molecule has 0 saturated heterocycles. The number of unbranched alkanes of at least 4 members (excludes halogenated alkanes) is 1. The van der Waals surface area contributed by atoms with Crippen molar-refractivity contribution in [1.82, 2.24) is 25.9 Å². The van der Waals surface area contributed by atoms with Crippen LogP contribution in [0.25, 0.3) is 0 Å². The maximum absolute atomic E-state index is 12.9. The topological polar surface area (TPSA) is 226 Å². The highest BCUT2D eigenvalue weighted by Crippen LogP contribution is 2.07. The molecule has 0 saturated carbocycles. The Morgan fingerprint density at radius 3 is 2.21 bits per heavy atom. The number of carbonyl (C=O) groups is 4. The molecule has 1 heterocycles. The first-order valence-corrected chi connectivity index (χ1v) is 11.3. The molecule has 0 radical (unpaired) electrons. The Hall–Kier alpha value is -3.03. The number of carbonyl (C=O) groups excluding carboxylic acids is 3. The molecule has 13 heteroatoms. The molecule has 0 aliphatic carbocycles. The first-order chi connectivity index (χ1) is 16.1. The second-order valence-corrected chi connectivity index (χ2v) is 8.18. The third kappa shape index (κ3) is 9.45. The molecule has 0 aromatic carbocycles. The molecule has 34 heavy (non-hydrogen) atoms. The van der Waals surface area contributed by atoms with E-state index in [1.165, 1.54) is 12.5 Å². The Balaban J connectivity index is 2.88. The summed E-state index contributed by atoms with van der Waals surface area (Å²) in [5.74, 6) is -3.50. The zero-order valence-corrected chi connectivity index (χ0v) is 19.6. The lowest BCUT2D eigenvalue weighted by atomic mass is 9.99. The van der Waals surface area contributed by atoms with Crippen molar-refractivity contribution in [2.45, 2.75) is 70.1 Å². The van der Waals surface area contributed by atoms with Gasteiger partial charge in [0.05, 0.1) is 19.0 Å². The number of aliphatic hydroxyl groups excluding tert-OH is 1. The van der Waals surface area contributed by atoms with Gasteiger partial charge in [-0.2, -0.15) is 0 Å². The number of aromatic amines is 1. The van der Waals surface area contributed by atoms with Gasteiger partial charge in [-0.1, -0.05) is 20.3 Å². The summed E-state index contributed by atoms with van der Waals surface area (Å²) in [6, 6.07) is -4.55. The van der Waals surface area contributed by atoms with Crippen molar-refractivity contribution in [3.8, 4) is 0 Å². The zero-order chi connectivity index (χ0) is 25.7. The molecular formula is C21H37N7O6. The number of aliphatic hydroxyl groups is 1. The van der Waals surface area contributed by atoms with Gasteiger partial charge < -0.3 is 42.6 Å². The highest BCUT2D eigenvalue weighted by molar-refractivity contribution is 5.94. The fourth-order valence-corrected chi connectivity index (χ4v) is 3.10. The molecule has 5 unspecified atom stereocenters. The van der Waals surface area contributed by atoms with Crippen LogP contribution < -0.4 is 27.4 Å². The van der Waals surface area contributed by atoms with E-state index in [0.717, 1.165) is 0 Å². The molecule has 0 aliphatic rings. The summed E-state index contributed by atoms with van der Waals surface area (Å²) < 4.78 is 0. The average molecular weight is 484 g/mol. The summed E-state index contributed by atoms with van der Waals surface area (Å²) in [6.07, 6.45) is 4.71. The van der Waals surface area contributed by atoms with Crippen LogP contribution in [-0.4, -0.2) is 81.2 Å². The number of hydrogen-bond donors (Lipinski definition) is 8. The maximum Gasteiger partial charge on any atom is 0.326 e.